The molecule has 1 aromatic rings. The van der Waals surface area contributed by atoms with Crippen LogP contribution in [0.3, 0.4) is 0 Å². The van der Waals surface area contributed by atoms with E-state index in [0.29, 0.717) is 12.7 Å². The van der Waals surface area contributed by atoms with Crippen LogP contribution in [0.1, 0.15) is 12.0 Å². The molecule has 1 aliphatic rings. The maximum atomic E-state index is 5.82. The minimum Gasteiger partial charge on any atom is -0.372 e. The third kappa shape index (κ3) is 2.60. The second-order valence-corrected chi connectivity index (χ2v) is 3.99. The van der Waals surface area contributed by atoms with Crippen molar-refractivity contribution in [1.82, 2.24) is 0 Å². The van der Waals surface area contributed by atoms with Crippen LogP contribution in [0.5, 0.6) is 0 Å². The van der Waals surface area contributed by atoms with Gasteiger partial charge in [0.05, 0.1) is 12.7 Å². The largest absolute Gasteiger partial charge is 0.372 e. The topological polar surface area (TPSA) is 9.23 Å². The molecular formula is C12H13ClO. The van der Waals surface area contributed by atoms with E-state index in [0.717, 1.165) is 17.9 Å². The first-order valence-electron chi connectivity index (χ1n) is 4.84. The Labute approximate surface area is 89.3 Å². The number of halogens is 1. The number of hydrogen-bond donors (Lipinski definition) is 0. The van der Waals surface area contributed by atoms with Crippen molar-refractivity contribution in [1.29, 1.82) is 0 Å². The fourth-order valence-corrected chi connectivity index (χ4v) is 1.76. The Morgan fingerprint density at radius 3 is 2.71 bits per heavy atom. The molecule has 2 rings (SSSR count). The molecule has 1 unspecified atom stereocenters. The smallest absolute Gasteiger partial charge is 0.0823 e. The number of benzene rings is 1. The molecule has 0 bridgehead atoms. The molecule has 74 valence electrons. The van der Waals surface area contributed by atoms with Gasteiger partial charge in [-0.25, -0.2) is 0 Å². The Balaban J connectivity index is 1.93. The lowest BCUT2D eigenvalue weighted by Gasteiger charge is -2.20. The van der Waals surface area contributed by atoms with Gasteiger partial charge in [0.2, 0.25) is 0 Å². The fraction of sp³-hybridized carbons (Fsp3) is 0.333. The molecule has 0 fully saturated rings. The summed E-state index contributed by atoms with van der Waals surface area (Å²) in [5, 5.41) is 0.828. The van der Waals surface area contributed by atoms with Crippen LogP contribution in [-0.4, -0.2) is 12.7 Å². The van der Waals surface area contributed by atoms with Gasteiger partial charge in [0, 0.05) is 5.03 Å². The average molecular weight is 209 g/mol. The molecule has 0 radical (unpaired) electrons. The maximum Gasteiger partial charge on any atom is 0.0823 e. The lowest BCUT2D eigenvalue weighted by atomic mass is 10.0. The van der Waals surface area contributed by atoms with Crippen LogP contribution in [0.4, 0.5) is 0 Å². The van der Waals surface area contributed by atoms with E-state index < -0.39 is 0 Å². The zero-order valence-electron chi connectivity index (χ0n) is 7.95. The first-order chi connectivity index (χ1) is 6.84. The standard InChI is InChI=1S/C12H13ClO/c13-11-6-7-12(14-9-11)8-10-4-2-1-3-5-10/h1-6,12H,7-9H2. The summed E-state index contributed by atoms with van der Waals surface area (Å²) in [7, 11) is 0. The van der Waals surface area contributed by atoms with Crippen molar-refractivity contribution in [3.05, 3.63) is 47.0 Å². The number of rotatable bonds is 2. The molecule has 0 saturated heterocycles. The van der Waals surface area contributed by atoms with Gasteiger partial charge >= 0.3 is 0 Å². The van der Waals surface area contributed by atoms with Gasteiger partial charge < -0.3 is 4.74 Å². The highest BCUT2D eigenvalue weighted by atomic mass is 35.5. The molecule has 1 heterocycles. The van der Waals surface area contributed by atoms with Gasteiger partial charge in [-0.2, -0.15) is 0 Å². The molecule has 0 amide bonds. The van der Waals surface area contributed by atoms with Gasteiger partial charge in [0.1, 0.15) is 0 Å². The van der Waals surface area contributed by atoms with E-state index in [-0.39, 0.29) is 0 Å². The van der Waals surface area contributed by atoms with Crippen molar-refractivity contribution in [3.8, 4) is 0 Å². The molecule has 0 saturated carbocycles. The number of ether oxygens (including phenoxy) is 1. The zero-order chi connectivity index (χ0) is 9.80. The summed E-state index contributed by atoms with van der Waals surface area (Å²) in [5.41, 5.74) is 1.32. The highest BCUT2D eigenvalue weighted by Gasteiger charge is 2.13. The molecule has 1 nitrogen and oxygen atoms in total. The second-order valence-electron chi connectivity index (χ2n) is 3.51. The monoisotopic (exact) mass is 208 g/mol. The quantitative estimate of drug-likeness (QED) is 0.726. The van der Waals surface area contributed by atoms with Gasteiger partial charge in [-0.05, 0) is 18.4 Å². The Morgan fingerprint density at radius 1 is 1.29 bits per heavy atom. The minimum absolute atomic E-state index is 0.292. The fourth-order valence-electron chi connectivity index (χ4n) is 1.60. The third-order valence-corrected chi connectivity index (χ3v) is 2.63. The van der Waals surface area contributed by atoms with Crippen molar-refractivity contribution < 1.29 is 4.74 Å². The lowest BCUT2D eigenvalue weighted by Crippen LogP contribution is -2.19. The highest BCUT2D eigenvalue weighted by molar-refractivity contribution is 6.29. The van der Waals surface area contributed by atoms with Crippen molar-refractivity contribution >= 4 is 11.6 Å². The molecule has 2 heteroatoms. The molecule has 0 spiro atoms. The molecule has 0 aromatic heterocycles. The molecule has 0 aliphatic carbocycles. The van der Waals surface area contributed by atoms with Crippen LogP contribution in [0.15, 0.2) is 41.4 Å². The molecule has 1 atom stereocenters. The van der Waals surface area contributed by atoms with Crippen LogP contribution in [0.2, 0.25) is 0 Å². The Bertz CT molecular complexity index is 318. The molecular weight excluding hydrogens is 196 g/mol. The summed E-state index contributed by atoms with van der Waals surface area (Å²) in [6.07, 6.45) is 4.24. The van der Waals surface area contributed by atoms with E-state index >= 15 is 0 Å². The lowest BCUT2D eigenvalue weighted by molar-refractivity contribution is 0.0661. The van der Waals surface area contributed by atoms with Gasteiger partial charge in [-0.3, -0.25) is 0 Å². The minimum atomic E-state index is 0.292. The summed E-state index contributed by atoms with van der Waals surface area (Å²) in [4.78, 5) is 0. The summed E-state index contributed by atoms with van der Waals surface area (Å²) in [5.74, 6) is 0. The summed E-state index contributed by atoms with van der Waals surface area (Å²) in [6.45, 7) is 0.569. The van der Waals surface area contributed by atoms with E-state index in [2.05, 4.69) is 30.3 Å². The second kappa shape index (κ2) is 4.63. The molecule has 0 N–H and O–H groups in total. The normalized spacial score (nSPS) is 21.8. The first-order valence-corrected chi connectivity index (χ1v) is 5.22. The van der Waals surface area contributed by atoms with E-state index in [9.17, 15) is 0 Å². The third-order valence-electron chi connectivity index (χ3n) is 2.37. The van der Waals surface area contributed by atoms with Crippen LogP contribution >= 0.6 is 11.6 Å². The van der Waals surface area contributed by atoms with Crippen LogP contribution in [0.25, 0.3) is 0 Å². The van der Waals surface area contributed by atoms with Crippen LogP contribution in [0, 0.1) is 0 Å². The number of hydrogen-bond acceptors (Lipinski definition) is 1. The van der Waals surface area contributed by atoms with Crippen molar-refractivity contribution in [2.45, 2.75) is 18.9 Å². The summed E-state index contributed by atoms with van der Waals surface area (Å²) in [6, 6.07) is 10.4. The van der Waals surface area contributed by atoms with Gasteiger partial charge in [-0.1, -0.05) is 48.0 Å². The first kappa shape index (κ1) is 9.75. The molecule has 1 aromatic carbocycles. The van der Waals surface area contributed by atoms with E-state index in [4.69, 9.17) is 16.3 Å². The van der Waals surface area contributed by atoms with Gasteiger partial charge in [0.15, 0.2) is 0 Å². The summed E-state index contributed by atoms with van der Waals surface area (Å²) >= 11 is 5.82. The van der Waals surface area contributed by atoms with E-state index in [1.54, 1.807) is 0 Å². The SMILES string of the molecule is ClC1=CCC(Cc2ccccc2)OC1. The molecule has 14 heavy (non-hydrogen) atoms. The van der Waals surface area contributed by atoms with Crippen LogP contribution < -0.4 is 0 Å². The Hall–Kier alpha value is -0.790. The van der Waals surface area contributed by atoms with Crippen molar-refractivity contribution in [2.75, 3.05) is 6.61 Å². The van der Waals surface area contributed by atoms with E-state index in [1.807, 2.05) is 6.07 Å². The van der Waals surface area contributed by atoms with Crippen LogP contribution in [-0.2, 0) is 11.2 Å². The van der Waals surface area contributed by atoms with E-state index in [1.165, 1.54) is 5.56 Å². The zero-order valence-corrected chi connectivity index (χ0v) is 8.70. The summed E-state index contributed by atoms with van der Waals surface area (Å²) < 4.78 is 5.59. The Kier molecular flexibility index (Phi) is 3.22. The van der Waals surface area contributed by atoms with Crippen molar-refractivity contribution in [2.24, 2.45) is 0 Å². The highest BCUT2D eigenvalue weighted by Crippen LogP contribution is 2.18. The van der Waals surface area contributed by atoms with Crippen molar-refractivity contribution in [3.63, 3.8) is 0 Å². The predicted molar refractivity (Wildman–Crippen MR) is 58.4 cm³/mol. The predicted octanol–water partition coefficient (Wildman–Crippen LogP) is 3.14. The molecule has 1 aliphatic heterocycles. The van der Waals surface area contributed by atoms with Gasteiger partial charge in [0.25, 0.3) is 0 Å². The Morgan fingerprint density at radius 2 is 2.07 bits per heavy atom. The average Bonchev–Trinajstić information content (AvgIpc) is 2.23. The van der Waals surface area contributed by atoms with Gasteiger partial charge in [-0.15, -0.1) is 0 Å². The maximum absolute atomic E-state index is 5.82.